The Balaban J connectivity index is 1.79. The first-order valence-corrected chi connectivity index (χ1v) is 9.04. The Labute approximate surface area is 153 Å². The van der Waals surface area contributed by atoms with Crippen LogP contribution in [0.3, 0.4) is 0 Å². The third kappa shape index (κ3) is 2.02. The van der Waals surface area contributed by atoms with E-state index in [0.717, 1.165) is 45.6 Å². The van der Waals surface area contributed by atoms with E-state index in [2.05, 4.69) is 86.2 Å². The van der Waals surface area contributed by atoms with Crippen LogP contribution in [0.4, 0.5) is 0 Å². The Hall–Kier alpha value is -2.88. The minimum Gasteiger partial charge on any atom is -0.356 e. The van der Waals surface area contributed by atoms with Gasteiger partial charge in [0.25, 0.3) is 0 Å². The highest BCUT2D eigenvalue weighted by Gasteiger charge is 2.33. The van der Waals surface area contributed by atoms with Crippen LogP contribution in [0, 0.1) is 0 Å². The summed E-state index contributed by atoms with van der Waals surface area (Å²) in [7, 11) is 0. The van der Waals surface area contributed by atoms with E-state index in [1.165, 1.54) is 0 Å². The summed E-state index contributed by atoms with van der Waals surface area (Å²) in [5.74, 6) is 0. The van der Waals surface area contributed by atoms with Crippen LogP contribution >= 0.6 is 0 Å². The molecule has 130 valence electrons. The molecule has 5 rings (SSSR count). The van der Waals surface area contributed by atoms with E-state index in [9.17, 15) is 0 Å². The summed E-state index contributed by atoms with van der Waals surface area (Å²) in [5.41, 5.74) is 8.06. The lowest BCUT2D eigenvalue weighted by Gasteiger charge is -2.23. The van der Waals surface area contributed by atoms with E-state index in [1.54, 1.807) is 0 Å². The van der Waals surface area contributed by atoms with Crippen molar-refractivity contribution in [2.45, 2.75) is 38.5 Å². The number of fused-ring (bicyclic) bond motifs is 7. The zero-order valence-corrected chi connectivity index (χ0v) is 15.5. The smallest absolute Gasteiger partial charge is 0.0890 e. The predicted molar refractivity (Wildman–Crippen MR) is 107 cm³/mol. The third-order valence-corrected chi connectivity index (χ3v) is 5.83. The first-order chi connectivity index (χ1) is 12.4. The Bertz CT molecular complexity index is 991. The first kappa shape index (κ1) is 15.4. The minimum atomic E-state index is -0.204. The van der Waals surface area contributed by atoms with Crippen molar-refractivity contribution < 1.29 is 0 Å². The number of nitrogens with one attached hydrogen (secondary N) is 2. The molecule has 2 N–H and O–H groups in total. The van der Waals surface area contributed by atoms with Crippen LogP contribution < -0.4 is 0 Å². The van der Waals surface area contributed by atoms with Gasteiger partial charge in [-0.05, 0) is 76.3 Å². The summed E-state index contributed by atoms with van der Waals surface area (Å²) < 4.78 is 0. The average molecular weight is 342 g/mol. The maximum atomic E-state index is 4.90. The molecule has 0 saturated carbocycles. The number of H-pyrrole nitrogens is 2. The summed E-state index contributed by atoms with van der Waals surface area (Å²) in [6, 6.07) is 8.60. The Morgan fingerprint density at radius 1 is 0.615 bits per heavy atom. The maximum absolute atomic E-state index is 4.90. The van der Waals surface area contributed by atoms with E-state index in [1.807, 2.05) is 0 Å². The Kier molecular flexibility index (Phi) is 2.87. The molecule has 0 spiro atoms. The molecule has 0 aromatic carbocycles. The van der Waals surface area contributed by atoms with Crippen molar-refractivity contribution in [3.63, 3.8) is 0 Å². The van der Waals surface area contributed by atoms with Gasteiger partial charge in [-0.2, -0.15) is 0 Å². The van der Waals surface area contributed by atoms with Gasteiger partial charge in [-0.3, -0.25) is 9.98 Å². The number of aromatic nitrogens is 2. The van der Waals surface area contributed by atoms with Gasteiger partial charge in [-0.25, -0.2) is 0 Å². The van der Waals surface area contributed by atoms with Crippen molar-refractivity contribution in [1.29, 1.82) is 0 Å². The predicted octanol–water partition coefficient (Wildman–Crippen LogP) is 4.81. The molecule has 3 aliphatic heterocycles. The summed E-state index contributed by atoms with van der Waals surface area (Å²) >= 11 is 0. The Morgan fingerprint density at radius 2 is 1.04 bits per heavy atom. The highest BCUT2D eigenvalue weighted by molar-refractivity contribution is 6.08. The molecule has 0 fully saturated rings. The van der Waals surface area contributed by atoms with Gasteiger partial charge in [0.2, 0.25) is 0 Å². The molecule has 26 heavy (non-hydrogen) atoms. The molecule has 0 aliphatic carbocycles. The number of hydrogen-bond acceptors (Lipinski definition) is 2. The second-order valence-electron chi connectivity index (χ2n) is 8.25. The fraction of sp³-hybridized carbons (Fsp3) is 0.273. The van der Waals surface area contributed by atoms with Crippen LogP contribution in [0.1, 0.15) is 39.1 Å². The van der Waals surface area contributed by atoms with Crippen LogP contribution in [0.15, 0.2) is 69.9 Å². The van der Waals surface area contributed by atoms with Gasteiger partial charge >= 0.3 is 0 Å². The summed E-state index contributed by atoms with van der Waals surface area (Å²) in [6.07, 6.45) is 8.38. The van der Waals surface area contributed by atoms with Crippen LogP contribution in [-0.4, -0.2) is 21.4 Å². The lowest BCUT2D eigenvalue weighted by Crippen LogP contribution is -2.27. The molecule has 2 aromatic rings. The van der Waals surface area contributed by atoms with Crippen molar-refractivity contribution in [3.8, 4) is 11.4 Å². The standard InChI is InChI=1S/C22H22N4/c1-21(2)17-9-5-13(23-17)15-7-11-19(25-15)22(3,4)20-12-8-16(26-20)14-6-10-18(21)24-14/h5-12,23,25H,1-4H3/b16-14-. The van der Waals surface area contributed by atoms with Gasteiger partial charge in [0, 0.05) is 22.2 Å². The molecule has 0 amide bonds. The van der Waals surface area contributed by atoms with Crippen LogP contribution in [0.25, 0.3) is 11.4 Å². The van der Waals surface area contributed by atoms with Gasteiger partial charge in [0.1, 0.15) is 0 Å². The number of hydrogen-bond donors (Lipinski definition) is 2. The number of aromatic amines is 2. The number of rotatable bonds is 0. The highest BCUT2D eigenvalue weighted by Crippen LogP contribution is 2.36. The van der Waals surface area contributed by atoms with Gasteiger partial charge in [-0.15, -0.1) is 0 Å². The molecule has 0 radical (unpaired) electrons. The normalized spacial score (nSPS) is 24.5. The molecule has 0 unspecified atom stereocenters. The van der Waals surface area contributed by atoms with Gasteiger partial charge in [-0.1, -0.05) is 0 Å². The van der Waals surface area contributed by atoms with Crippen molar-refractivity contribution in [1.82, 2.24) is 9.97 Å². The van der Waals surface area contributed by atoms with Crippen LogP contribution in [-0.2, 0) is 10.8 Å². The second-order valence-corrected chi connectivity index (χ2v) is 8.25. The molecule has 5 heterocycles. The molecule has 0 saturated heterocycles. The van der Waals surface area contributed by atoms with Crippen molar-refractivity contribution in [3.05, 3.63) is 71.4 Å². The molecule has 8 bridgehead atoms. The lowest BCUT2D eigenvalue weighted by molar-refractivity contribution is 0.694. The first-order valence-electron chi connectivity index (χ1n) is 9.04. The number of nitrogens with zero attached hydrogens (tertiary/aromatic N) is 2. The zero-order chi connectivity index (χ0) is 18.1. The topological polar surface area (TPSA) is 56.3 Å². The SMILES string of the molecule is CC1(C)C2=N/C(=C3/C=CC(=N3)C(C)(C)c3ccc([nH]3)-c3ccc1[nH]3)C=C2. The summed E-state index contributed by atoms with van der Waals surface area (Å²) in [4.78, 5) is 17.0. The second kappa shape index (κ2) is 4.85. The Morgan fingerprint density at radius 3 is 1.46 bits per heavy atom. The fourth-order valence-electron chi connectivity index (χ4n) is 3.82. The quantitative estimate of drug-likeness (QED) is 0.690. The van der Waals surface area contributed by atoms with E-state index < -0.39 is 0 Å². The van der Waals surface area contributed by atoms with Crippen molar-refractivity contribution in [2.24, 2.45) is 9.98 Å². The number of allylic oxidation sites excluding steroid dienone is 4. The monoisotopic (exact) mass is 342 g/mol. The van der Waals surface area contributed by atoms with E-state index in [4.69, 9.17) is 9.98 Å². The zero-order valence-electron chi connectivity index (χ0n) is 15.5. The molecular weight excluding hydrogens is 320 g/mol. The average Bonchev–Trinajstić information content (AvgIpc) is 3.41. The van der Waals surface area contributed by atoms with Gasteiger partial charge < -0.3 is 9.97 Å². The molecule has 2 aromatic heterocycles. The molecule has 4 nitrogen and oxygen atoms in total. The minimum absolute atomic E-state index is 0.204. The summed E-state index contributed by atoms with van der Waals surface area (Å²) in [5, 5.41) is 0. The molecular formula is C22H22N4. The molecule has 3 aliphatic rings. The third-order valence-electron chi connectivity index (χ3n) is 5.83. The highest BCUT2D eigenvalue weighted by atomic mass is 14.9. The largest absolute Gasteiger partial charge is 0.356 e. The molecule has 4 heteroatoms. The van der Waals surface area contributed by atoms with Gasteiger partial charge in [0.15, 0.2) is 0 Å². The van der Waals surface area contributed by atoms with E-state index in [0.29, 0.717) is 0 Å². The lowest BCUT2D eigenvalue weighted by atomic mass is 9.84. The maximum Gasteiger partial charge on any atom is 0.0890 e. The van der Waals surface area contributed by atoms with Crippen molar-refractivity contribution in [2.75, 3.05) is 0 Å². The van der Waals surface area contributed by atoms with E-state index in [-0.39, 0.29) is 10.8 Å². The summed E-state index contributed by atoms with van der Waals surface area (Å²) in [6.45, 7) is 8.81. The van der Waals surface area contributed by atoms with E-state index >= 15 is 0 Å². The fourth-order valence-corrected chi connectivity index (χ4v) is 3.82. The van der Waals surface area contributed by atoms with Crippen LogP contribution in [0.5, 0.6) is 0 Å². The number of aliphatic imine (C=N–C) groups is 2. The van der Waals surface area contributed by atoms with Crippen molar-refractivity contribution >= 4 is 11.4 Å². The van der Waals surface area contributed by atoms with Crippen LogP contribution in [0.2, 0.25) is 0 Å². The molecule has 0 atom stereocenters. The van der Waals surface area contributed by atoms with Gasteiger partial charge in [0.05, 0.1) is 34.2 Å².